The molecule has 2 amide bonds. The van der Waals surface area contributed by atoms with Crippen molar-refractivity contribution in [1.82, 2.24) is 44.9 Å². The second kappa shape index (κ2) is 19.0. The highest BCUT2D eigenvalue weighted by Crippen LogP contribution is 2.47. The number of carbonyl (C=O) groups excluding carboxylic acids is 2. The van der Waals surface area contributed by atoms with Crippen LogP contribution in [0.4, 0.5) is 14.6 Å². The average molecular weight is 977 g/mol. The Labute approximate surface area is 418 Å². The van der Waals surface area contributed by atoms with Gasteiger partial charge in [0.25, 0.3) is 0 Å². The number of piperidine rings is 2. The van der Waals surface area contributed by atoms with Crippen LogP contribution in [0.1, 0.15) is 86.3 Å². The third-order valence-corrected chi connectivity index (χ3v) is 16.8. The molecule has 1 aliphatic carbocycles. The SMILES string of the molecule is C#Cc1c(F)ccc2cc(O)cc(-c3ncc4c(N5CC6CCC(C5)N6)nc(OCC5(CN6CCCN(CCN7CCC(c8ccc9c(C%10CCC(=O)NC%10=O)cn(C)c9c8)CC7)CC6)CC5)nc4c3F)c12. The Bertz CT molecular complexity index is 3150. The minimum absolute atomic E-state index is 0.0309. The van der Waals surface area contributed by atoms with Crippen LogP contribution >= 0.6 is 0 Å². The number of piperazine rings is 1. The van der Waals surface area contributed by atoms with Crippen molar-refractivity contribution in [2.45, 2.75) is 81.7 Å². The Morgan fingerprint density at radius 3 is 2.42 bits per heavy atom. The van der Waals surface area contributed by atoms with Gasteiger partial charge in [-0.05, 0) is 124 Å². The predicted molar refractivity (Wildman–Crippen MR) is 273 cm³/mol. The molecule has 0 spiro atoms. The summed E-state index contributed by atoms with van der Waals surface area (Å²) in [6.07, 6.45) is 17.9. The first kappa shape index (κ1) is 46.8. The summed E-state index contributed by atoms with van der Waals surface area (Å²) in [7, 11) is 2.04. The summed E-state index contributed by atoms with van der Waals surface area (Å²) in [4.78, 5) is 48.8. The van der Waals surface area contributed by atoms with Crippen LogP contribution < -0.4 is 20.3 Å². The molecular weight excluding hydrogens is 915 g/mol. The number of halogens is 2. The molecule has 14 nitrogen and oxygen atoms in total. The van der Waals surface area contributed by atoms with Crippen LogP contribution in [-0.4, -0.2) is 142 Å². The van der Waals surface area contributed by atoms with Crippen LogP contribution in [0.15, 0.2) is 54.9 Å². The van der Waals surface area contributed by atoms with E-state index in [9.17, 15) is 14.7 Å². The number of aromatic hydroxyl groups is 1. The number of fused-ring (bicyclic) bond motifs is 5. The summed E-state index contributed by atoms with van der Waals surface area (Å²) in [5.74, 6) is 1.37. The number of hydrogen-bond acceptors (Lipinski definition) is 12. The van der Waals surface area contributed by atoms with E-state index >= 15 is 8.78 Å². The molecular formula is C56H62F2N10O4. The molecule has 374 valence electrons. The fourth-order valence-electron chi connectivity index (χ4n) is 12.6. The molecule has 6 fully saturated rings. The van der Waals surface area contributed by atoms with Gasteiger partial charge in [0.1, 0.15) is 28.6 Å². The first-order chi connectivity index (χ1) is 35.0. The molecule has 2 bridgehead atoms. The number of ether oxygens (including phenoxy) is 1. The van der Waals surface area contributed by atoms with Crippen molar-refractivity contribution in [1.29, 1.82) is 0 Å². The summed E-state index contributed by atoms with van der Waals surface area (Å²) in [5, 5.41) is 19.2. The largest absolute Gasteiger partial charge is 0.508 e. The van der Waals surface area contributed by atoms with Crippen LogP contribution in [0, 0.1) is 29.4 Å². The van der Waals surface area contributed by atoms with E-state index in [1.165, 1.54) is 29.8 Å². The lowest BCUT2D eigenvalue weighted by Gasteiger charge is -2.34. The van der Waals surface area contributed by atoms with Crippen LogP contribution in [0.3, 0.4) is 0 Å². The molecule has 3 unspecified atom stereocenters. The molecule has 8 heterocycles. The molecule has 3 N–H and O–H groups in total. The molecule has 6 aromatic rings. The van der Waals surface area contributed by atoms with Crippen molar-refractivity contribution < 1.29 is 28.2 Å². The summed E-state index contributed by atoms with van der Waals surface area (Å²) in [6.45, 7) is 11.2. The van der Waals surface area contributed by atoms with Crippen molar-refractivity contribution >= 4 is 50.2 Å². The Balaban J connectivity index is 0.683. The molecule has 16 heteroatoms. The zero-order valence-corrected chi connectivity index (χ0v) is 40.9. The number of nitrogens with one attached hydrogen (secondary N) is 2. The van der Waals surface area contributed by atoms with Gasteiger partial charge < -0.3 is 39.3 Å². The topological polar surface area (TPSA) is 144 Å². The van der Waals surface area contributed by atoms with E-state index in [-0.39, 0.29) is 57.2 Å². The fourth-order valence-corrected chi connectivity index (χ4v) is 12.6. The molecule has 1 saturated carbocycles. The van der Waals surface area contributed by atoms with E-state index in [4.69, 9.17) is 21.1 Å². The molecule has 6 aliphatic rings. The van der Waals surface area contributed by atoms with Crippen molar-refractivity contribution in [3.8, 4) is 35.4 Å². The van der Waals surface area contributed by atoms with Crippen LogP contribution in [0.5, 0.6) is 11.8 Å². The van der Waals surface area contributed by atoms with E-state index in [0.717, 1.165) is 120 Å². The Morgan fingerprint density at radius 2 is 1.65 bits per heavy atom. The standard InChI is InChI=1S/C56H62F2N10O4/c1-3-40-46(57)11-6-36-25-39(69)27-43(49(36)40)51-50(58)52-44(28-59-51)53(68-29-37-7-8-38(30-68)60-37)63-55(62-52)72-33-56(15-16-56)32-67-18-4-17-65(23-24-67)21-22-66-19-13-34(14-20-66)35-5-9-41-45(31-64(2)47(41)26-35)42-10-12-48(70)61-54(42)71/h1,5-6,9,11,25-28,31,34,37-38,42,60,69H,4,7-8,10,12-24,29-30,32-33H2,2H3,(H,61,70,71). The Hall–Kier alpha value is -6.25. The van der Waals surface area contributed by atoms with Gasteiger partial charge in [-0.2, -0.15) is 9.97 Å². The number of phenols is 1. The highest BCUT2D eigenvalue weighted by Gasteiger charge is 2.45. The lowest BCUT2D eigenvalue weighted by molar-refractivity contribution is -0.134. The number of benzene rings is 3. The van der Waals surface area contributed by atoms with Gasteiger partial charge in [0.05, 0.1) is 23.5 Å². The number of rotatable bonds is 12. The van der Waals surface area contributed by atoms with Crippen molar-refractivity contribution in [2.24, 2.45) is 12.5 Å². The zero-order chi connectivity index (χ0) is 49.3. The number of imide groups is 1. The number of likely N-dealkylation sites (tertiary alicyclic amines) is 1. The maximum Gasteiger partial charge on any atom is 0.319 e. The molecule has 72 heavy (non-hydrogen) atoms. The number of phenolic OH excluding ortho intramolecular Hbond substituents is 1. The van der Waals surface area contributed by atoms with E-state index in [1.807, 2.05) is 7.05 Å². The molecule has 3 atom stereocenters. The number of anilines is 1. The number of aromatic nitrogens is 4. The van der Waals surface area contributed by atoms with Crippen LogP contribution in [0.25, 0.3) is 43.8 Å². The van der Waals surface area contributed by atoms with Gasteiger partial charge in [0.15, 0.2) is 5.82 Å². The van der Waals surface area contributed by atoms with Crippen molar-refractivity contribution in [3.63, 3.8) is 0 Å². The number of terminal acetylenes is 1. The first-order valence-electron chi connectivity index (χ1n) is 26.0. The summed E-state index contributed by atoms with van der Waals surface area (Å²) in [5.41, 5.74) is 3.58. The van der Waals surface area contributed by atoms with Crippen LogP contribution in [0.2, 0.25) is 0 Å². The number of amides is 2. The lowest BCUT2D eigenvalue weighted by Crippen LogP contribution is -2.51. The van der Waals surface area contributed by atoms with E-state index in [2.05, 4.69) is 70.1 Å². The van der Waals surface area contributed by atoms with Crippen LogP contribution in [-0.2, 0) is 16.6 Å². The lowest BCUT2D eigenvalue weighted by atomic mass is 9.87. The summed E-state index contributed by atoms with van der Waals surface area (Å²) < 4.78 is 40.9. The number of aryl methyl sites for hydroxylation is 1. The monoisotopic (exact) mass is 976 g/mol. The maximum absolute atomic E-state index is 17.2. The van der Waals surface area contributed by atoms with Gasteiger partial charge >= 0.3 is 6.01 Å². The molecule has 5 aliphatic heterocycles. The number of pyridine rings is 1. The summed E-state index contributed by atoms with van der Waals surface area (Å²) >= 11 is 0. The second-order valence-corrected chi connectivity index (χ2v) is 21.6. The fraction of sp³-hybridized carbons (Fsp3) is 0.482. The third kappa shape index (κ3) is 9.03. The zero-order valence-electron chi connectivity index (χ0n) is 40.9. The molecule has 0 radical (unpaired) electrons. The van der Waals surface area contributed by atoms with Gasteiger partial charge in [-0.25, -0.2) is 8.78 Å². The molecule has 5 saturated heterocycles. The van der Waals surface area contributed by atoms with Gasteiger partial charge in [0, 0.05) is 111 Å². The third-order valence-electron chi connectivity index (χ3n) is 16.8. The molecule has 3 aromatic heterocycles. The first-order valence-corrected chi connectivity index (χ1v) is 26.0. The van der Waals surface area contributed by atoms with Gasteiger partial charge in [0.2, 0.25) is 11.8 Å². The Kier molecular flexibility index (Phi) is 12.3. The average Bonchev–Trinajstić information content (AvgIpc) is 4.03. The molecule has 3 aromatic carbocycles. The number of carbonyl (C=O) groups is 2. The number of hydrogen-bond donors (Lipinski definition) is 3. The van der Waals surface area contributed by atoms with Crippen molar-refractivity contribution in [3.05, 3.63) is 83.2 Å². The van der Waals surface area contributed by atoms with E-state index in [1.54, 1.807) is 6.20 Å². The minimum Gasteiger partial charge on any atom is -0.508 e. The molecule has 12 rings (SSSR count). The minimum atomic E-state index is -0.719. The van der Waals surface area contributed by atoms with Gasteiger partial charge in [-0.1, -0.05) is 24.1 Å². The summed E-state index contributed by atoms with van der Waals surface area (Å²) in [6, 6.07) is 13.1. The smallest absolute Gasteiger partial charge is 0.319 e. The van der Waals surface area contributed by atoms with Gasteiger partial charge in [-0.15, -0.1) is 6.42 Å². The number of nitrogens with zero attached hydrogens (tertiary/aromatic N) is 8. The van der Waals surface area contributed by atoms with Gasteiger partial charge in [-0.3, -0.25) is 19.9 Å². The maximum atomic E-state index is 17.2. The second-order valence-electron chi connectivity index (χ2n) is 21.6. The normalized spacial score (nSPS) is 23.2. The highest BCUT2D eigenvalue weighted by molar-refractivity contribution is 6.04. The predicted octanol–water partition coefficient (Wildman–Crippen LogP) is 6.81. The van der Waals surface area contributed by atoms with Crippen molar-refractivity contribution in [2.75, 3.05) is 83.5 Å². The van der Waals surface area contributed by atoms with E-state index in [0.29, 0.717) is 72.5 Å². The highest BCUT2D eigenvalue weighted by atomic mass is 19.1. The quantitative estimate of drug-likeness (QED) is 0.0876. The van der Waals surface area contributed by atoms with E-state index < -0.39 is 11.6 Å². The Morgan fingerprint density at radius 1 is 0.889 bits per heavy atom.